The van der Waals surface area contributed by atoms with E-state index in [4.69, 9.17) is 14.2 Å². The number of ether oxygens (including phenoxy) is 3. The highest BCUT2D eigenvalue weighted by atomic mass is 16.7. The van der Waals surface area contributed by atoms with E-state index in [1.165, 1.54) is 0 Å². The van der Waals surface area contributed by atoms with Crippen LogP contribution in [0.2, 0.25) is 0 Å². The standard InChI is InChI=1S/C50H63N3O11/c1-28(21-38(56)29(2)52-42(59)18-20-51-46(61)64-47(3,4)5)44(60)53-34-10-8-9-31(23-34)22-30-11-13-32(14-12-30)45-62-41-25-37-36-16-15-33-24-35(55)17-19-48(33,6)43(36)39(57)26-49(37,7)50(41,63-45)40(58)27-54/h8-14,17,19,23-24,28-29,36-37,39,41,43,45,54,57H,15-16,18,20-22,25-27H2,1-7H3,(H,51,61)(H,52,59)(H,53,60)/t28-,29+,36+,37+,39+,41-,43-,45-,48+,49+,50-/m1/s1. The fourth-order valence-electron chi connectivity index (χ4n) is 11.4. The maximum atomic E-state index is 14.0. The van der Waals surface area contributed by atoms with Crippen molar-refractivity contribution in [3.63, 3.8) is 0 Å². The Hall–Kier alpha value is -5.02. The number of benzene rings is 2. The van der Waals surface area contributed by atoms with Gasteiger partial charge in [0, 0.05) is 53.3 Å². The molecule has 0 unspecified atom stereocenters. The third-order valence-corrected chi connectivity index (χ3v) is 14.5. The van der Waals surface area contributed by atoms with Crippen LogP contribution >= 0.6 is 0 Å². The molecule has 64 heavy (non-hydrogen) atoms. The molecule has 3 amide bonds. The van der Waals surface area contributed by atoms with Gasteiger partial charge < -0.3 is 40.4 Å². The van der Waals surface area contributed by atoms with E-state index >= 15 is 0 Å². The van der Waals surface area contributed by atoms with E-state index < -0.39 is 76.9 Å². The third-order valence-electron chi connectivity index (χ3n) is 14.5. The molecule has 2 aromatic carbocycles. The Balaban J connectivity index is 0.935. The van der Waals surface area contributed by atoms with Crippen LogP contribution in [0, 0.1) is 34.5 Å². The van der Waals surface area contributed by atoms with Gasteiger partial charge in [-0.25, -0.2) is 4.79 Å². The second-order valence-electron chi connectivity index (χ2n) is 20.0. The summed E-state index contributed by atoms with van der Waals surface area (Å²) in [5.41, 5.74) is 0.906. The molecule has 3 saturated carbocycles. The number of allylic oxidation sites excluding steroid dienone is 4. The minimum absolute atomic E-state index is 0.00279. The molecule has 1 heterocycles. The SMILES string of the molecule is C[C@H](CC(=O)[C@H](C)NC(=O)CCNC(=O)OC(C)(C)C)C(=O)Nc1cccc(Cc2ccc([C@@H]3O[C@@H]4C[C@H]5[C@@H]6CCC7=CC(=O)C=C[C@]7(C)[C@H]6[C@@H](O)C[C@]5(C)[C@]4(C(=O)CO)O3)cc2)c1. The molecule has 0 bridgehead atoms. The maximum absolute atomic E-state index is 14.0. The van der Waals surface area contributed by atoms with Gasteiger partial charge in [-0.05, 0) is 107 Å². The van der Waals surface area contributed by atoms with Gasteiger partial charge >= 0.3 is 6.09 Å². The molecule has 0 radical (unpaired) electrons. The Bertz CT molecular complexity index is 2230. The van der Waals surface area contributed by atoms with Gasteiger partial charge in [-0.1, -0.05) is 68.8 Å². The number of Topliss-reactive ketones (excluding diaryl/α,β-unsaturated/α-hetero) is 2. The first-order chi connectivity index (χ1) is 30.2. The minimum Gasteiger partial charge on any atom is -0.444 e. The number of aliphatic hydroxyl groups is 2. The van der Waals surface area contributed by atoms with Gasteiger partial charge in [0.25, 0.3) is 0 Å². The van der Waals surface area contributed by atoms with Crippen molar-refractivity contribution >= 4 is 40.9 Å². The van der Waals surface area contributed by atoms with E-state index in [0.29, 0.717) is 24.9 Å². The number of alkyl carbamates (subject to hydrolysis) is 1. The average molecular weight is 882 g/mol. The molecule has 5 N–H and O–H groups in total. The summed E-state index contributed by atoms with van der Waals surface area (Å²) >= 11 is 0. The number of aliphatic hydroxyl groups excluding tert-OH is 2. The van der Waals surface area contributed by atoms with Crippen LogP contribution < -0.4 is 16.0 Å². The Morgan fingerprint density at radius 1 is 1.02 bits per heavy atom. The molecule has 1 saturated heterocycles. The summed E-state index contributed by atoms with van der Waals surface area (Å²) in [5.74, 6) is -2.24. The number of hydrogen-bond donors (Lipinski definition) is 5. The number of anilines is 1. The van der Waals surface area contributed by atoms with Crippen LogP contribution in [0.5, 0.6) is 0 Å². The lowest BCUT2D eigenvalue weighted by molar-refractivity contribution is -0.201. The number of ketones is 3. The first kappa shape index (κ1) is 47.0. The monoisotopic (exact) mass is 881 g/mol. The van der Waals surface area contributed by atoms with Gasteiger partial charge in [0.15, 0.2) is 29.2 Å². The molecule has 4 aliphatic carbocycles. The summed E-state index contributed by atoms with van der Waals surface area (Å²) in [6, 6.07) is 14.4. The normalized spacial score (nSPS) is 31.3. The van der Waals surface area contributed by atoms with E-state index in [2.05, 4.69) is 22.9 Å². The third kappa shape index (κ3) is 9.11. The Labute approximate surface area is 374 Å². The Kier molecular flexibility index (Phi) is 13.3. The molecule has 4 fully saturated rings. The molecule has 7 rings (SSSR count). The first-order valence-electron chi connectivity index (χ1n) is 22.5. The molecule has 14 heteroatoms. The molecule has 2 aromatic rings. The molecular formula is C50H63N3O11. The highest BCUT2D eigenvalue weighted by Crippen LogP contribution is 2.70. The van der Waals surface area contributed by atoms with E-state index in [-0.39, 0.29) is 54.6 Å². The summed E-state index contributed by atoms with van der Waals surface area (Å²) < 4.78 is 18.5. The Morgan fingerprint density at radius 2 is 1.75 bits per heavy atom. The zero-order chi connectivity index (χ0) is 46.4. The van der Waals surface area contributed by atoms with Crippen LogP contribution in [-0.4, -0.2) is 88.1 Å². The molecule has 344 valence electrons. The van der Waals surface area contributed by atoms with E-state index in [0.717, 1.165) is 35.1 Å². The van der Waals surface area contributed by atoms with Crippen LogP contribution in [0.25, 0.3) is 0 Å². The predicted molar refractivity (Wildman–Crippen MR) is 236 cm³/mol. The van der Waals surface area contributed by atoms with Crippen molar-refractivity contribution in [2.45, 2.75) is 129 Å². The number of carbonyl (C=O) groups excluding carboxylic acids is 6. The summed E-state index contributed by atoms with van der Waals surface area (Å²) in [6.07, 6.45) is 5.23. The zero-order valence-corrected chi connectivity index (χ0v) is 37.9. The topological polar surface area (TPSA) is 207 Å². The second kappa shape index (κ2) is 18.1. The van der Waals surface area contributed by atoms with Gasteiger partial charge in [-0.2, -0.15) is 0 Å². The van der Waals surface area contributed by atoms with Crippen molar-refractivity contribution in [3.05, 3.63) is 89.0 Å². The van der Waals surface area contributed by atoms with Gasteiger partial charge in [0.05, 0.1) is 18.2 Å². The molecule has 11 atom stereocenters. The minimum atomic E-state index is -1.44. The molecule has 1 aliphatic heterocycles. The van der Waals surface area contributed by atoms with Crippen LogP contribution in [0.1, 0.15) is 110 Å². The summed E-state index contributed by atoms with van der Waals surface area (Å²) in [5, 5.41) is 30.4. The largest absolute Gasteiger partial charge is 0.444 e. The zero-order valence-electron chi connectivity index (χ0n) is 37.9. The number of amides is 3. The van der Waals surface area contributed by atoms with Crippen LogP contribution in [0.3, 0.4) is 0 Å². The quantitative estimate of drug-likeness (QED) is 0.153. The summed E-state index contributed by atoms with van der Waals surface area (Å²) in [4.78, 5) is 76.5. The van der Waals surface area contributed by atoms with E-state index in [9.17, 15) is 39.0 Å². The molecule has 5 aliphatic rings. The molecule has 0 spiro atoms. The number of carbonyl (C=O) groups is 6. The van der Waals surface area contributed by atoms with Crippen molar-refractivity contribution < 1.29 is 53.2 Å². The van der Waals surface area contributed by atoms with Crippen LogP contribution in [0.4, 0.5) is 10.5 Å². The van der Waals surface area contributed by atoms with Crippen molar-refractivity contribution in [3.8, 4) is 0 Å². The number of rotatable bonds is 14. The van der Waals surface area contributed by atoms with Crippen molar-refractivity contribution in [2.75, 3.05) is 18.5 Å². The predicted octanol–water partition coefficient (Wildman–Crippen LogP) is 5.83. The van der Waals surface area contributed by atoms with Gasteiger partial charge in [-0.3, -0.25) is 24.0 Å². The molecular weight excluding hydrogens is 819 g/mol. The highest BCUT2D eigenvalue weighted by molar-refractivity contribution is 6.01. The number of hydrogen-bond acceptors (Lipinski definition) is 11. The van der Waals surface area contributed by atoms with Gasteiger partial charge in [-0.15, -0.1) is 0 Å². The lowest BCUT2D eigenvalue weighted by atomic mass is 9.46. The first-order valence-corrected chi connectivity index (χ1v) is 22.5. The smallest absolute Gasteiger partial charge is 0.407 e. The second-order valence-corrected chi connectivity index (χ2v) is 20.0. The average Bonchev–Trinajstić information content (AvgIpc) is 3.73. The molecule has 14 nitrogen and oxygen atoms in total. The van der Waals surface area contributed by atoms with Crippen LogP contribution in [-0.2, 0) is 44.6 Å². The lowest BCUT2D eigenvalue weighted by Gasteiger charge is -2.59. The van der Waals surface area contributed by atoms with Gasteiger partial charge in [0.2, 0.25) is 11.8 Å². The van der Waals surface area contributed by atoms with Crippen molar-refractivity contribution in [1.82, 2.24) is 10.6 Å². The lowest BCUT2D eigenvalue weighted by Crippen LogP contribution is -2.63. The highest BCUT2D eigenvalue weighted by Gasteiger charge is 2.76. The van der Waals surface area contributed by atoms with Crippen molar-refractivity contribution in [2.24, 2.45) is 34.5 Å². The summed E-state index contributed by atoms with van der Waals surface area (Å²) in [6.45, 7) is 11.9. The number of fused-ring (bicyclic) bond motifs is 7. The van der Waals surface area contributed by atoms with Gasteiger partial charge in [0.1, 0.15) is 12.2 Å². The maximum Gasteiger partial charge on any atom is 0.407 e. The number of nitrogens with one attached hydrogen (secondary N) is 3. The Morgan fingerprint density at radius 3 is 2.45 bits per heavy atom. The fraction of sp³-hybridized carbons (Fsp3) is 0.560. The molecule has 0 aromatic heterocycles. The van der Waals surface area contributed by atoms with Crippen molar-refractivity contribution in [1.29, 1.82) is 0 Å². The van der Waals surface area contributed by atoms with Crippen LogP contribution in [0.15, 0.2) is 72.3 Å². The van der Waals surface area contributed by atoms with E-state index in [1.807, 2.05) is 55.5 Å². The fourth-order valence-corrected chi connectivity index (χ4v) is 11.4. The van der Waals surface area contributed by atoms with E-state index in [1.54, 1.807) is 52.8 Å². The summed E-state index contributed by atoms with van der Waals surface area (Å²) in [7, 11) is 0.